The molecule has 0 aliphatic heterocycles. The number of anilines is 1. The fourth-order valence-corrected chi connectivity index (χ4v) is 4.32. The molecule has 2 fully saturated rings. The first kappa shape index (κ1) is 16.2. The third-order valence-corrected chi connectivity index (χ3v) is 5.52. The van der Waals surface area contributed by atoms with E-state index in [9.17, 15) is 15.0 Å². The Morgan fingerprint density at radius 1 is 1.44 bits per heavy atom. The molecule has 0 saturated heterocycles. The monoisotopic (exact) mass is 346 g/mol. The van der Waals surface area contributed by atoms with Crippen molar-refractivity contribution in [1.82, 2.24) is 24.8 Å². The molecule has 0 aromatic carbocycles. The number of aryl methyl sites for hydroxylation is 1. The molecule has 9 nitrogen and oxygen atoms in total. The maximum absolute atomic E-state index is 12.3. The Balaban J connectivity index is 1.80. The Bertz CT molecular complexity index is 852. The van der Waals surface area contributed by atoms with E-state index in [1.165, 1.54) is 0 Å². The van der Waals surface area contributed by atoms with Gasteiger partial charge in [0.2, 0.25) is 5.91 Å². The van der Waals surface area contributed by atoms with Crippen molar-refractivity contribution in [3.05, 3.63) is 12.2 Å². The summed E-state index contributed by atoms with van der Waals surface area (Å²) < 4.78 is 1.78. The van der Waals surface area contributed by atoms with Crippen molar-refractivity contribution in [3.63, 3.8) is 0 Å². The zero-order valence-electron chi connectivity index (χ0n) is 14.4. The van der Waals surface area contributed by atoms with E-state index in [1.54, 1.807) is 24.9 Å². The first-order valence-corrected chi connectivity index (χ1v) is 8.49. The molecule has 2 aliphatic rings. The van der Waals surface area contributed by atoms with Gasteiger partial charge in [-0.05, 0) is 20.3 Å². The number of amides is 1. The molecule has 0 spiro atoms. The number of hydrogen-bond acceptors (Lipinski definition) is 7. The summed E-state index contributed by atoms with van der Waals surface area (Å²) in [5.41, 5.74) is 0.300. The van der Waals surface area contributed by atoms with Crippen molar-refractivity contribution >= 4 is 22.9 Å². The van der Waals surface area contributed by atoms with Crippen molar-refractivity contribution in [2.24, 2.45) is 11.3 Å². The fraction of sp³-hybridized carbons (Fsp3) is 0.625. The topological polar surface area (TPSA) is 125 Å². The molecule has 1 amide bonds. The van der Waals surface area contributed by atoms with Gasteiger partial charge in [-0.15, -0.1) is 0 Å². The molecule has 9 heteroatoms. The minimum Gasteiger partial charge on any atom is -0.389 e. The van der Waals surface area contributed by atoms with Gasteiger partial charge in [-0.3, -0.25) is 4.79 Å². The van der Waals surface area contributed by atoms with E-state index in [2.05, 4.69) is 25.6 Å². The second-order valence-electron chi connectivity index (χ2n) is 6.83. The first-order chi connectivity index (χ1) is 12.0. The minimum atomic E-state index is -1.10. The lowest BCUT2D eigenvalue weighted by Crippen LogP contribution is -2.41. The highest BCUT2D eigenvalue weighted by Gasteiger charge is 2.75. The average molecular weight is 346 g/mol. The standard InChI is InChI=1S/C16H22N6O3/c1-4-18-13-9-14(21-7(2)20-13)22(6-19-9)10-8-5-16(8,15(25)17-3)12(24)11(10)23/h6,8,10-12,23-24H,4-5H2,1-3H3,(H,17,25)(H,18,20,21)/t8-,10-,11-,12?,16+/m1/s1. The van der Waals surface area contributed by atoms with Gasteiger partial charge in [0.1, 0.15) is 17.4 Å². The Hall–Kier alpha value is -2.26. The maximum Gasteiger partial charge on any atom is 0.229 e. The Labute approximate surface area is 144 Å². The summed E-state index contributed by atoms with van der Waals surface area (Å²) >= 11 is 0. The largest absolute Gasteiger partial charge is 0.389 e. The van der Waals surface area contributed by atoms with Crippen molar-refractivity contribution in [3.8, 4) is 0 Å². The van der Waals surface area contributed by atoms with E-state index in [0.717, 1.165) is 0 Å². The van der Waals surface area contributed by atoms with Crippen LogP contribution in [0.4, 0.5) is 5.82 Å². The summed E-state index contributed by atoms with van der Waals surface area (Å²) in [7, 11) is 1.55. The number of rotatable bonds is 4. The van der Waals surface area contributed by atoms with Crippen LogP contribution in [0.2, 0.25) is 0 Å². The average Bonchev–Trinajstić information content (AvgIpc) is 3.13. The molecule has 1 unspecified atom stereocenters. The molecule has 134 valence electrons. The van der Waals surface area contributed by atoms with Crippen molar-refractivity contribution in [2.75, 3.05) is 18.9 Å². The molecular formula is C16H22N6O3. The normalized spacial score (nSPS) is 33.3. The number of nitrogens with one attached hydrogen (secondary N) is 2. The number of aromatic nitrogens is 4. The Morgan fingerprint density at radius 2 is 2.20 bits per heavy atom. The van der Waals surface area contributed by atoms with Gasteiger partial charge >= 0.3 is 0 Å². The van der Waals surface area contributed by atoms with Crippen LogP contribution in [-0.4, -0.2) is 61.4 Å². The number of aliphatic hydroxyl groups excluding tert-OH is 2. The predicted molar refractivity (Wildman–Crippen MR) is 89.9 cm³/mol. The maximum atomic E-state index is 12.3. The molecule has 2 aromatic heterocycles. The van der Waals surface area contributed by atoms with E-state index in [4.69, 9.17) is 0 Å². The molecule has 4 rings (SSSR count). The van der Waals surface area contributed by atoms with Gasteiger partial charge in [-0.25, -0.2) is 15.0 Å². The van der Waals surface area contributed by atoms with E-state index in [0.29, 0.717) is 35.8 Å². The van der Waals surface area contributed by atoms with Crippen LogP contribution in [0.15, 0.2) is 6.33 Å². The van der Waals surface area contributed by atoms with E-state index in [1.807, 2.05) is 6.92 Å². The number of imidazole rings is 1. The summed E-state index contributed by atoms with van der Waals surface area (Å²) in [5, 5.41) is 26.9. The van der Waals surface area contributed by atoms with Gasteiger partial charge < -0.3 is 25.4 Å². The molecule has 0 radical (unpaired) electrons. The second kappa shape index (κ2) is 5.37. The van der Waals surface area contributed by atoms with Crippen LogP contribution in [0.5, 0.6) is 0 Å². The SMILES string of the molecule is CCNc1nc(C)nc2c1ncn2[C@@H]1[C@H]2C[C@@]2(C(=O)NC)C(O)[C@@H]1O. The summed E-state index contributed by atoms with van der Waals surface area (Å²) in [4.78, 5) is 25.5. The Morgan fingerprint density at radius 3 is 2.88 bits per heavy atom. The van der Waals surface area contributed by atoms with Crippen LogP contribution < -0.4 is 10.6 Å². The lowest BCUT2D eigenvalue weighted by molar-refractivity contribution is -0.132. The second-order valence-corrected chi connectivity index (χ2v) is 6.83. The summed E-state index contributed by atoms with van der Waals surface area (Å²) in [6.07, 6.45) is 0.0000747. The molecule has 2 heterocycles. The van der Waals surface area contributed by atoms with Crippen molar-refractivity contribution < 1.29 is 15.0 Å². The van der Waals surface area contributed by atoms with Gasteiger partial charge in [-0.1, -0.05) is 0 Å². The zero-order valence-corrected chi connectivity index (χ0v) is 14.4. The predicted octanol–water partition coefficient (Wildman–Crippen LogP) is -0.405. The lowest BCUT2D eigenvalue weighted by Gasteiger charge is -2.23. The van der Waals surface area contributed by atoms with Gasteiger partial charge in [0.25, 0.3) is 0 Å². The first-order valence-electron chi connectivity index (χ1n) is 8.49. The molecule has 2 saturated carbocycles. The molecule has 25 heavy (non-hydrogen) atoms. The summed E-state index contributed by atoms with van der Waals surface area (Å²) in [6.45, 7) is 4.47. The van der Waals surface area contributed by atoms with Crippen molar-refractivity contribution in [2.45, 2.75) is 38.5 Å². The molecule has 4 N–H and O–H groups in total. The highest BCUT2D eigenvalue weighted by atomic mass is 16.3. The van der Waals surface area contributed by atoms with Gasteiger partial charge in [0, 0.05) is 19.5 Å². The van der Waals surface area contributed by atoms with Crippen molar-refractivity contribution in [1.29, 1.82) is 0 Å². The van der Waals surface area contributed by atoms with E-state index < -0.39 is 23.7 Å². The highest BCUT2D eigenvalue weighted by Crippen LogP contribution is 2.67. The molecule has 2 aliphatic carbocycles. The molecule has 2 aromatic rings. The van der Waals surface area contributed by atoms with Gasteiger partial charge in [-0.2, -0.15) is 0 Å². The zero-order chi connectivity index (χ0) is 17.9. The van der Waals surface area contributed by atoms with Crippen LogP contribution in [-0.2, 0) is 4.79 Å². The molecule has 5 atom stereocenters. The number of hydrogen-bond donors (Lipinski definition) is 4. The number of aliphatic hydroxyl groups is 2. The molecule has 0 bridgehead atoms. The number of carbonyl (C=O) groups is 1. The highest BCUT2D eigenvalue weighted by molar-refractivity contribution is 5.88. The third-order valence-electron chi connectivity index (χ3n) is 5.52. The number of nitrogens with zero attached hydrogens (tertiary/aromatic N) is 4. The number of fused-ring (bicyclic) bond motifs is 2. The van der Waals surface area contributed by atoms with Crippen LogP contribution >= 0.6 is 0 Å². The van der Waals surface area contributed by atoms with Crippen LogP contribution in [0.3, 0.4) is 0 Å². The van der Waals surface area contributed by atoms with Crippen LogP contribution in [0.25, 0.3) is 11.2 Å². The summed E-state index contributed by atoms with van der Waals surface area (Å²) in [5.74, 6) is 0.861. The third kappa shape index (κ3) is 2.02. The lowest BCUT2D eigenvalue weighted by atomic mass is 9.98. The minimum absolute atomic E-state index is 0.146. The quantitative estimate of drug-likeness (QED) is 0.593. The smallest absolute Gasteiger partial charge is 0.229 e. The van der Waals surface area contributed by atoms with Gasteiger partial charge in [0.05, 0.1) is 23.9 Å². The summed E-state index contributed by atoms with van der Waals surface area (Å²) in [6, 6.07) is -0.443. The fourth-order valence-electron chi connectivity index (χ4n) is 4.32. The van der Waals surface area contributed by atoms with E-state index in [-0.39, 0.29) is 11.8 Å². The van der Waals surface area contributed by atoms with Crippen LogP contribution in [0.1, 0.15) is 25.2 Å². The Kier molecular flexibility index (Phi) is 3.48. The van der Waals surface area contributed by atoms with Crippen LogP contribution in [0, 0.1) is 18.3 Å². The number of carbonyl (C=O) groups excluding carboxylic acids is 1. The van der Waals surface area contributed by atoms with Gasteiger partial charge in [0.15, 0.2) is 11.5 Å². The molecular weight excluding hydrogens is 324 g/mol. The van der Waals surface area contributed by atoms with E-state index >= 15 is 0 Å².